The van der Waals surface area contributed by atoms with Crippen molar-refractivity contribution in [2.45, 2.75) is 52.0 Å². The van der Waals surface area contributed by atoms with E-state index < -0.39 is 23.4 Å². The smallest absolute Gasteiger partial charge is 0.344 e. The van der Waals surface area contributed by atoms with Crippen LogP contribution in [-0.2, 0) is 33.4 Å². The molecule has 0 saturated heterocycles. The van der Waals surface area contributed by atoms with E-state index in [2.05, 4.69) is 10.1 Å². The Morgan fingerprint density at radius 2 is 1.56 bits per heavy atom. The zero-order valence-corrected chi connectivity index (χ0v) is 15.3. The number of nitrogens with one attached hydrogen (secondary N) is 1. The molecule has 25 heavy (non-hydrogen) atoms. The number of rotatable bonds is 11. The summed E-state index contributed by atoms with van der Waals surface area (Å²) in [6.07, 6.45) is 4.58. The lowest BCUT2D eigenvalue weighted by molar-refractivity contribution is -0.167. The van der Waals surface area contributed by atoms with E-state index in [1.54, 1.807) is 26.0 Å². The summed E-state index contributed by atoms with van der Waals surface area (Å²) in [5.74, 6) is -2.61. The minimum absolute atomic E-state index is 0.0580. The molecule has 0 spiro atoms. The van der Waals surface area contributed by atoms with Crippen molar-refractivity contribution in [3.8, 4) is 0 Å². The molecule has 0 rings (SSSR count). The molecule has 0 atom stereocenters. The van der Waals surface area contributed by atoms with Crippen LogP contribution in [0.3, 0.4) is 0 Å². The minimum Gasteiger partial charge on any atom is -0.469 e. The first-order valence-electron chi connectivity index (χ1n) is 8.19. The number of carbonyl (C=O) groups excluding carboxylic acids is 4. The van der Waals surface area contributed by atoms with Gasteiger partial charge in [-0.15, -0.1) is 0 Å². The van der Waals surface area contributed by atoms with Crippen LogP contribution in [0.15, 0.2) is 12.2 Å². The van der Waals surface area contributed by atoms with E-state index in [0.29, 0.717) is 12.8 Å². The Morgan fingerprint density at radius 1 is 1.00 bits per heavy atom. The van der Waals surface area contributed by atoms with Gasteiger partial charge in [-0.3, -0.25) is 9.59 Å². The second kappa shape index (κ2) is 12.0. The van der Waals surface area contributed by atoms with E-state index in [0.717, 1.165) is 0 Å². The zero-order valence-electron chi connectivity index (χ0n) is 15.3. The normalized spacial score (nSPS) is 11.0. The minimum atomic E-state index is -1.92. The number of methoxy groups -OCH3 is 1. The van der Waals surface area contributed by atoms with Crippen molar-refractivity contribution in [1.29, 1.82) is 0 Å². The summed E-state index contributed by atoms with van der Waals surface area (Å²) in [4.78, 5) is 47.2. The van der Waals surface area contributed by atoms with E-state index in [1.807, 2.05) is 0 Å². The third-order valence-electron chi connectivity index (χ3n) is 3.21. The monoisotopic (exact) mass is 357 g/mol. The Hall–Kier alpha value is -2.38. The number of ether oxygens (including phenoxy) is 3. The van der Waals surface area contributed by atoms with Crippen molar-refractivity contribution in [1.82, 2.24) is 5.32 Å². The van der Waals surface area contributed by atoms with Gasteiger partial charge in [0.2, 0.25) is 11.4 Å². The van der Waals surface area contributed by atoms with Crippen molar-refractivity contribution in [2.75, 3.05) is 20.3 Å². The highest BCUT2D eigenvalue weighted by molar-refractivity contribution is 6.07. The van der Waals surface area contributed by atoms with E-state index in [-0.39, 0.29) is 32.0 Å². The number of amides is 1. The molecule has 0 unspecified atom stereocenters. The van der Waals surface area contributed by atoms with Gasteiger partial charge in [0, 0.05) is 19.8 Å². The van der Waals surface area contributed by atoms with Gasteiger partial charge in [0.05, 0.1) is 20.3 Å². The van der Waals surface area contributed by atoms with Gasteiger partial charge in [0.25, 0.3) is 0 Å². The van der Waals surface area contributed by atoms with Crippen molar-refractivity contribution >= 4 is 23.8 Å². The lowest BCUT2D eigenvalue weighted by Crippen LogP contribution is -2.60. The molecule has 1 amide bonds. The van der Waals surface area contributed by atoms with Crippen molar-refractivity contribution < 1.29 is 33.4 Å². The molecule has 0 aliphatic rings. The van der Waals surface area contributed by atoms with Crippen molar-refractivity contribution in [2.24, 2.45) is 0 Å². The molecule has 0 aliphatic carbocycles. The third-order valence-corrected chi connectivity index (χ3v) is 3.21. The first-order valence-corrected chi connectivity index (χ1v) is 8.19. The van der Waals surface area contributed by atoms with E-state index in [9.17, 15) is 19.2 Å². The standard InChI is InChI=1S/C17H27NO7/c1-5-24-15(21)17(18-13(3)19,16(22)25-6-2)12-10-8-7-9-11-14(20)23-4/h8,10H,5-7,9,11-12H2,1-4H3,(H,18,19). The molecule has 0 saturated carbocycles. The van der Waals surface area contributed by atoms with E-state index in [4.69, 9.17) is 9.47 Å². The Morgan fingerprint density at radius 3 is 2.00 bits per heavy atom. The van der Waals surface area contributed by atoms with Crippen molar-refractivity contribution in [3.63, 3.8) is 0 Å². The molecule has 1 N–H and O–H groups in total. The molecule has 0 aliphatic heterocycles. The molecule has 0 aromatic carbocycles. The summed E-state index contributed by atoms with van der Waals surface area (Å²) in [6, 6.07) is 0. The molecule has 0 bridgehead atoms. The number of allylic oxidation sites excluding steroid dienone is 1. The maximum absolute atomic E-state index is 12.3. The van der Waals surface area contributed by atoms with Crippen LogP contribution in [-0.4, -0.2) is 49.7 Å². The molecule has 0 aromatic rings. The maximum Gasteiger partial charge on any atom is 0.344 e. The van der Waals surface area contributed by atoms with Crippen LogP contribution < -0.4 is 5.32 Å². The predicted molar refractivity (Wildman–Crippen MR) is 89.4 cm³/mol. The summed E-state index contributed by atoms with van der Waals surface area (Å²) in [6.45, 7) is 4.52. The van der Waals surface area contributed by atoms with Crippen LogP contribution in [0.25, 0.3) is 0 Å². The zero-order chi connectivity index (χ0) is 19.3. The number of hydrogen-bond donors (Lipinski definition) is 1. The average molecular weight is 357 g/mol. The molecular formula is C17H27NO7. The van der Waals surface area contributed by atoms with Gasteiger partial charge in [-0.25, -0.2) is 9.59 Å². The Labute approximate surface area is 147 Å². The summed E-state index contributed by atoms with van der Waals surface area (Å²) in [5.41, 5.74) is -1.92. The Kier molecular flexibility index (Phi) is 10.9. The Bertz CT molecular complexity index is 481. The summed E-state index contributed by atoms with van der Waals surface area (Å²) in [7, 11) is 1.32. The average Bonchev–Trinajstić information content (AvgIpc) is 2.56. The van der Waals surface area contributed by atoms with Crippen molar-refractivity contribution in [3.05, 3.63) is 12.2 Å². The van der Waals surface area contributed by atoms with Gasteiger partial charge >= 0.3 is 17.9 Å². The van der Waals surface area contributed by atoms with Gasteiger partial charge in [0.1, 0.15) is 0 Å². The quantitative estimate of drug-likeness (QED) is 0.195. The number of unbranched alkanes of at least 4 members (excludes halogenated alkanes) is 1. The fourth-order valence-corrected chi connectivity index (χ4v) is 2.06. The molecule has 0 fully saturated rings. The second-order valence-electron chi connectivity index (χ2n) is 5.17. The van der Waals surface area contributed by atoms with Crippen LogP contribution in [0.2, 0.25) is 0 Å². The SMILES string of the molecule is CCOC(=O)C(CC=CCCCC(=O)OC)(NC(C)=O)C(=O)OCC. The van der Waals surface area contributed by atoms with Crippen LogP contribution >= 0.6 is 0 Å². The van der Waals surface area contributed by atoms with Gasteiger partial charge < -0.3 is 19.5 Å². The molecule has 142 valence electrons. The molecule has 0 radical (unpaired) electrons. The topological polar surface area (TPSA) is 108 Å². The highest BCUT2D eigenvalue weighted by Gasteiger charge is 2.49. The van der Waals surface area contributed by atoms with Gasteiger partial charge in [-0.2, -0.15) is 0 Å². The van der Waals surface area contributed by atoms with Gasteiger partial charge in [0.15, 0.2) is 0 Å². The van der Waals surface area contributed by atoms with Gasteiger partial charge in [-0.05, 0) is 26.7 Å². The van der Waals surface area contributed by atoms with Crippen LogP contribution in [0, 0.1) is 0 Å². The van der Waals surface area contributed by atoms with Gasteiger partial charge in [-0.1, -0.05) is 12.2 Å². The molecule has 8 heteroatoms. The predicted octanol–water partition coefficient (Wildman–Crippen LogP) is 1.28. The summed E-state index contributed by atoms with van der Waals surface area (Å²) < 4.78 is 14.4. The summed E-state index contributed by atoms with van der Waals surface area (Å²) >= 11 is 0. The summed E-state index contributed by atoms with van der Waals surface area (Å²) in [5, 5.41) is 2.37. The lowest BCUT2D eigenvalue weighted by atomic mass is 9.94. The fourth-order valence-electron chi connectivity index (χ4n) is 2.06. The highest BCUT2D eigenvalue weighted by atomic mass is 16.6. The first kappa shape index (κ1) is 22.6. The third kappa shape index (κ3) is 7.82. The first-order chi connectivity index (χ1) is 11.8. The number of esters is 3. The second-order valence-corrected chi connectivity index (χ2v) is 5.17. The van der Waals surface area contributed by atoms with Crippen LogP contribution in [0.1, 0.15) is 46.5 Å². The van der Waals surface area contributed by atoms with Crippen LogP contribution in [0.4, 0.5) is 0 Å². The fraction of sp³-hybridized carbons (Fsp3) is 0.647. The number of hydrogen-bond acceptors (Lipinski definition) is 7. The Balaban J connectivity index is 5.14. The van der Waals surface area contributed by atoms with E-state index >= 15 is 0 Å². The highest BCUT2D eigenvalue weighted by Crippen LogP contribution is 2.18. The number of carbonyl (C=O) groups is 4. The van der Waals surface area contributed by atoms with E-state index in [1.165, 1.54) is 14.0 Å². The maximum atomic E-state index is 12.3. The van der Waals surface area contributed by atoms with Crippen LogP contribution in [0.5, 0.6) is 0 Å². The molecule has 8 nitrogen and oxygen atoms in total. The molecule has 0 aromatic heterocycles. The largest absolute Gasteiger partial charge is 0.469 e. The molecule has 0 heterocycles. The lowest BCUT2D eigenvalue weighted by Gasteiger charge is -2.28. The molecular weight excluding hydrogens is 330 g/mol.